The summed E-state index contributed by atoms with van der Waals surface area (Å²) in [4.78, 5) is 0. The molecule has 76 valence electrons. The van der Waals surface area contributed by atoms with Crippen molar-refractivity contribution in [1.29, 1.82) is 5.41 Å². The third-order valence-electron chi connectivity index (χ3n) is 3.13. The molecule has 1 unspecified atom stereocenters. The molecule has 1 saturated heterocycles. The minimum Gasteiger partial charge on any atom is -0.365 e. The van der Waals surface area contributed by atoms with Gasteiger partial charge in [-0.3, -0.25) is 5.41 Å². The number of alkyl halides is 2. The number of piperidine rings is 1. The first kappa shape index (κ1) is 11.4. The van der Waals surface area contributed by atoms with Crippen LogP contribution < -0.4 is 5.32 Å². The molecule has 2 rings (SSSR count). The molecule has 2 N–H and O–H groups in total. The molecule has 0 bridgehead atoms. The van der Waals surface area contributed by atoms with E-state index in [2.05, 4.69) is 12.2 Å². The lowest BCUT2D eigenvalue weighted by Gasteiger charge is -2.24. The van der Waals surface area contributed by atoms with Crippen molar-refractivity contribution in [2.45, 2.75) is 30.1 Å². The number of fused-ring (bicyclic) bond motifs is 1. The summed E-state index contributed by atoms with van der Waals surface area (Å²) in [5, 5.41) is 10.6. The standard InChI is InChI=1S/C8H12Cl2N2.ClH/c1-4-3-5(11)12-7(2)6(4)8(7,9)10;/h4,6H,3H2,1-2H3,(H2,11,12);1H/t4?,6-,7-;/m0./s1. The highest BCUT2D eigenvalue weighted by molar-refractivity contribution is 6.52. The highest BCUT2D eigenvalue weighted by Gasteiger charge is 2.76. The highest BCUT2D eigenvalue weighted by Crippen LogP contribution is 2.67. The molecule has 2 fully saturated rings. The number of amidine groups is 1. The maximum Gasteiger partial charge on any atom is 0.146 e. The molecule has 1 aliphatic heterocycles. The van der Waals surface area contributed by atoms with Crippen LogP contribution in [0.2, 0.25) is 0 Å². The Morgan fingerprint density at radius 3 is 2.54 bits per heavy atom. The van der Waals surface area contributed by atoms with Crippen LogP contribution in [0.5, 0.6) is 0 Å². The summed E-state index contributed by atoms with van der Waals surface area (Å²) in [6, 6.07) is 0. The highest BCUT2D eigenvalue weighted by atomic mass is 35.5. The summed E-state index contributed by atoms with van der Waals surface area (Å²) < 4.78 is -0.671. The van der Waals surface area contributed by atoms with Crippen LogP contribution in [-0.2, 0) is 0 Å². The van der Waals surface area contributed by atoms with Gasteiger partial charge >= 0.3 is 0 Å². The van der Waals surface area contributed by atoms with Crippen molar-refractivity contribution < 1.29 is 0 Å². The molecule has 0 spiro atoms. The van der Waals surface area contributed by atoms with E-state index in [0.29, 0.717) is 17.7 Å². The van der Waals surface area contributed by atoms with E-state index in [1.54, 1.807) is 0 Å². The first-order valence-electron chi connectivity index (χ1n) is 4.13. The topological polar surface area (TPSA) is 35.9 Å². The van der Waals surface area contributed by atoms with Crippen molar-refractivity contribution in [3.63, 3.8) is 0 Å². The lowest BCUT2D eigenvalue weighted by molar-refractivity contribution is 0.413. The van der Waals surface area contributed by atoms with Crippen LogP contribution in [-0.4, -0.2) is 15.7 Å². The fraction of sp³-hybridized carbons (Fsp3) is 0.875. The summed E-state index contributed by atoms with van der Waals surface area (Å²) in [5.41, 5.74) is -0.259. The largest absolute Gasteiger partial charge is 0.365 e. The molecule has 0 amide bonds. The van der Waals surface area contributed by atoms with Gasteiger partial charge in [0.05, 0.1) is 11.4 Å². The number of hydrogen-bond acceptors (Lipinski definition) is 1. The third kappa shape index (κ3) is 1.26. The first-order chi connectivity index (χ1) is 5.39. The van der Waals surface area contributed by atoms with Gasteiger partial charge in [0, 0.05) is 12.3 Å². The average molecular weight is 244 g/mol. The molecule has 0 aromatic heterocycles. The van der Waals surface area contributed by atoms with Crippen molar-refractivity contribution in [3.8, 4) is 0 Å². The molecule has 2 aliphatic rings. The predicted molar refractivity (Wildman–Crippen MR) is 58.2 cm³/mol. The van der Waals surface area contributed by atoms with Gasteiger partial charge in [0.25, 0.3) is 0 Å². The smallest absolute Gasteiger partial charge is 0.146 e. The fourth-order valence-corrected chi connectivity index (χ4v) is 3.54. The van der Waals surface area contributed by atoms with Gasteiger partial charge < -0.3 is 5.32 Å². The van der Waals surface area contributed by atoms with Crippen LogP contribution in [0, 0.1) is 17.2 Å². The number of halogens is 3. The molecule has 5 heteroatoms. The molecule has 0 aromatic carbocycles. The van der Waals surface area contributed by atoms with Gasteiger partial charge in [0.2, 0.25) is 0 Å². The Hall–Kier alpha value is 0.340. The molecular weight excluding hydrogens is 230 g/mol. The molecule has 1 saturated carbocycles. The summed E-state index contributed by atoms with van der Waals surface area (Å²) in [6.07, 6.45) is 0.765. The van der Waals surface area contributed by atoms with Gasteiger partial charge in [-0.25, -0.2) is 0 Å². The first-order valence-corrected chi connectivity index (χ1v) is 4.88. The van der Waals surface area contributed by atoms with E-state index in [0.717, 1.165) is 6.42 Å². The Bertz CT molecular complexity index is 254. The SMILES string of the molecule is CC1CC(=N)N[C@@]2(C)[C@H]1C2(Cl)Cl.Cl. The zero-order valence-corrected chi connectivity index (χ0v) is 9.85. The van der Waals surface area contributed by atoms with E-state index in [1.165, 1.54) is 0 Å². The lowest BCUT2D eigenvalue weighted by atomic mass is 9.94. The Morgan fingerprint density at radius 2 is 2.08 bits per heavy atom. The maximum absolute atomic E-state index is 7.55. The molecule has 13 heavy (non-hydrogen) atoms. The van der Waals surface area contributed by atoms with Gasteiger partial charge in [0.1, 0.15) is 4.33 Å². The maximum atomic E-state index is 7.55. The Morgan fingerprint density at radius 1 is 1.54 bits per heavy atom. The third-order valence-corrected chi connectivity index (χ3v) is 4.38. The zero-order chi connectivity index (χ0) is 9.15. The summed E-state index contributed by atoms with van der Waals surface area (Å²) >= 11 is 12.2. The van der Waals surface area contributed by atoms with E-state index in [1.807, 2.05) is 6.92 Å². The summed E-state index contributed by atoms with van der Waals surface area (Å²) in [5.74, 6) is 1.27. The van der Waals surface area contributed by atoms with Gasteiger partial charge in [-0.05, 0) is 12.8 Å². The predicted octanol–water partition coefficient (Wildman–Crippen LogP) is 2.58. The number of rotatable bonds is 0. The normalized spacial score (nSPS) is 45.7. The van der Waals surface area contributed by atoms with Crippen LogP contribution in [0.3, 0.4) is 0 Å². The van der Waals surface area contributed by atoms with Gasteiger partial charge in [-0.2, -0.15) is 0 Å². The van der Waals surface area contributed by atoms with Crippen molar-refractivity contribution in [3.05, 3.63) is 0 Å². The molecule has 1 aliphatic carbocycles. The van der Waals surface area contributed by atoms with E-state index in [-0.39, 0.29) is 17.9 Å². The zero-order valence-electron chi connectivity index (χ0n) is 7.53. The molecular formula is C8H13Cl3N2. The van der Waals surface area contributed by atoms with E-state index < -0.39 is 4.33 Å². The second-order valence-electron chi connectivity index (χ2n) is 4.09. The molecule has 0 radical (unpaired) electrons. The number of hydrogen-bond donors (Lipinski definition) is 2. The summed E-state index contributed by atoms with van der Waals surface area (Å²) in [7, 11) is 0. The molecule has 2 nitrogen and oxygen atoms in total. The van der Waals surface area contributed by atoms with Crippen LogP contribution >= 0.6 is 35.6 Å². The van der Waals surface area contributed by atoms with Crippen LogP contribution in [0.1, 0.15) is 20.3 Å². The fourth-order valence-electron chi connectivity index (χ4n) is 2.45. The van der Waals surface area contributed by atoms with E-state index >= 15 is 0 Å². The molecule has 0 aromatic rings. The van der Waals surface area contributed by atoms with Gasteiger partial charge in [-0.15, -0.1) is 12.4 Å². The minimum absolute atomic E-state index is 0. The molecule has 1 heterocycles. The second kappa shape index (κ2) is 2.91. The number of nitrogens with one attached hydrogen (secondary N) is 2. The Labute approximate surface area is 94.3 Å². The lowest BCUT2D eigenvalue weighted by Crippen LogP contribution is -2.43. The van der Waals surface area contributed by atoms with Gasteiger partial charge in [0.15, 0.2) is 0 Å². The minimum atomic E-state index is -0.671. The summed E-state index contributed by atoms with van der Waals surface area (Å²) in [6.45, 7) is 4.09. The quantitative estimate of drug-likeness (QED) is 0.630. The average Bonchev–Trinajstić information content (AvgIpc) is 2.24. The second-order valence-corrected chi connectivity index (χ2v) is 5.47. The Kier molecular flexibility index (Phi) is 2.56. The van der Waals surface area contributed by atoms with Crippen LogP contribution in [0.15, 0.2) is 0 Å². The van der Waals surface area contributed by atoms with Crippen molar-refractivity contribution >= 4 is 41.4 Å². The Balaban J connectivity index is 0.000000845. The van der Waals surface area contributed by atoms with Gasteiger partial charge in [-0.1, -0.05) is 30.1 Å². The van der Waals surface area contributed by atoms with Crippen molar-refractivity contribution in [1.82, 2.24) is 5.32 Å². The monoisotopic (exact) mass is 242 g/mol. The van der Waals surface area contributed by atoms with Crippen molar-refractivity contribution in [2.75, 3.05) is 0 Å². The molecule has 3 atom stereocenters. The van der Waals surface area contributed by atoms with E-state index in [9.17, 15) is 0 Å². The van der Waals surface area contributed by atoms with Crippen LogP contribution in [0.25, 0.3) is 0 Å². The van der Waals surface area contributed by atoms with Crippen LogP contribution in [0.4, 0.5) is 0 Å². The van der Waals surface area contributed by atoms with Crippen molar-refractivity contribution in [2.24, 2.45) is 11.8 Å². The van der Waals surface area contributed by atoms with E-state index in [4.69, 9.17) is 28.6 Å².